The number of aromatic nitrogens is 3. The predicted molar refractivity (Wildman–Crippen MR) is 79.8 cm³/mol. The van der Waals surface area contributed by atoms with Crippen molar-refractivity contribution >= 4 is 0 Å². The summed E-state index contributed by atoms with van der Waals surface area (Å²) in [6.45, 7) is 10.2. The largest absolute Gasteiger partial charge is 0.307 e. The molecule has 1 rings (SSSR count). The molecule has 0 fully saturated rings. The Morgan fingerprint density at radius 3 is 2.68 bits per heavy atom. The van der Waals surface area contributed by atoms with Crippen molar-refractivity contribution in [1.82, 2.24) is 15.0 Å². The van der Waals surface area contributed by atoms with Gasteiger partial charge in [0.1, 0.15) is 5.66 Å². The molecule has 0 bridgehead atoms. The smallest absolute Gasteiger partial charge is 0.109 e. The molecule has 1 unspecified atom stereocenters. The first kappa shape index (κ1) is 15.9. The number of nitrogens with two attached hydrogens (primary N) is 1. The van der Waals surface area contributed by atoms with Gasteiger partial charge in [-0.15, -0.1) is 5.10 Å². The molecule has 0 aliphatic carbocycles. The second kappa shape index (κ2) is 7.43. The molecule has 0 saturated carbocycles. The van der Waals surface area contributed by atoms with Crippen LogP contribution in [0.1, 0.15) is 65.0 Å². The van der Waals surface area contributed by atoms with Gasteiger partial charge in [-0.05, 0) is 26.7 Å². The highest BCUT2D eigenvalue weighted by molar-refractivity contribution is 5.08. The number of hydrogen-bond donors (Lipinski definition) is 1. The van der Waals surface area contributed by atoms with Gasteiger partial charge >= 0.3 is 0 Å². The van der Waals surface area contributed by atoms with Crippen LogP contribution in [0.2, 0.25) is 0 Å². The van der Waals surface area contributed by atoms with Gasteiger partial charge in [-0.25, -0.2) is 4.68 Å². The fourth-order valence-electron chi connectivity index (χ4n) is 2.31. The van der Waals surface area contributed by atoms with Crippen molar-refractivity contribution in [2.45, 2.75) is 71.4 Å². The summed E-state index contributed by atoms with van der Waals surface area (Å²) < 4.78 is 1.86. The minimum Gasteiger partial charge on any atom is -0.307 e. The highest BCUT2D eigenvalue weighted by atomic mass is 15.5. The second-order valence-electron chi connectivity index (χ2n) is 5.79. The zero-order chi connectivity index (χ0) is 14.3. The molecule has 0 amide bonds. The molecular formula is C15H28N4. The van der Waals surface area contributed by atoms with E-state index in [0.29, 0.717) is 0 Å². The first-order chi connectivity index (χ1) is 8.97. The fraction of sp³-hybridized carbons (Fsp3) is 0.733. The van der Waals surface area contributed by atoms with Crippen LogP contribution in [-0.4, -0.2) is 15.0 Å². The van der Waals surface area contributed by atoms with E-state index >= 15 is 0 Å². The van der Waals surface area contributed by atoms with E-state index in [9.17, 15) is 0 Å². The third-order valence-electron chi connectivity index (χ3n) is 3.37. The Labute approximate surface area is 117 Å². The lowest BCUT2D eigenvalue weighted by atomic mass is 10.0. The zero-order valence-electron chi connectivity index (χ0n) is 12.7. The van der Waals surface area contributed by atoms with Crippen LogP contribution >= 0.6 is 0 Å². The monoisotopic (exact) mass is 264 g/mol. The SMILES string of the molecule is C=C(C)Cc1cnnn1C(C)(N)CCCCCCC. The lowest BCUT2D eigenvalue weighted by molar-refractivity contribution is 0.253. The van der Waals surface area contributed by atoms with Gasteiger partial charge in [0, 0.05) is 6.42 Å². The molecule has 19 heavy (non-hydrogen) atoms. The van der Waals surface area contributed by atoms with Gasteiger partial charge in [0.05, 0.1) is 11.9 Å². The van der Waals surface area contributed by atoms with Gasteiger partial charge in [0.25, 0.3) is 0 Å². The van der Waals surface area contributed by atoms with E-state index in [-0.39, 0.29) is 0 Å². The number of nitrogens with zero attached hydrogens (tertiary/aromatic N) is 3. The van der Waals surface area contributed by atoms with E-state index in [0.717, 1.165) is 30.5 Å². The maximum absolute atomic E-state index is 6.40. The van der Waals surface area contributed by atoms with Crippen LogP contribution < -0.4 is 5.73 Å². The third-order valence-corrected chi connectivity index (χ3v) is 3.37. The molecular weight excluding hydrogens is 236 g/mol. The van der Waals surface area contributed by atoms with Gasteiger partial charge in [0.15, 0.2) is 0 Å². The number of rotatable bonds is 9. The van der Waals surface area contributed by atoms with Crippen LogP contribution in [0.25, 0.3) is 0 Å². The highest BCUT2D eigenvalue weighted by Crippen LogP contribution is 2.20. The zero-order valence-corrected chi connectivity index (χ0v) is 12.7. The molecule has 0 spiro atoms. The van der Waals surface area contributed by atoms with Crippen LogP contribution in [0.5, 0.6) is 0 Å². The van der Waals surface area contributed by atoms with Crippen molar-refractivity contribution < 1.29 is 0 Å². The first-order valence-corrected chi connectivity index (χ1v) is 7.30. The molecule has 1 heterocycles. The van der Waals surface area contributed by atoms with E-state index < -0.39 is 5.66 Å². The summed E-state index contributed by atoms with van der Waals surface area (Å²) in [6, 6.07) is 0. The maximum atomic E-state index is 6.40. The summed E-state index contributed by atoms with van der Waals surface area (Å²) in [5.74, 6) is 0. The molecule has 4 heteroatoms. The Bertz CT molecular complexity index is 393. The van der Waals surface area contributed by atoms with Crippen molar-refractivity contribution in [3.63, 3.8) is 0 Å². The molecule has 4 nitrogen and oxygen atoms in total. The van der Waals surface area contributed by atoms with Crippen LogP contribution in [0.3, 0.4) is 0 Å². The number of unbranched alkanes of at least 4 members (excludes halogenated alkanes) is 4. The lowest BCUT2D eigenvalue weighted by Crippen LogP contribution is -2.41. The van der Waals surface area contributed by atoms with Crippen molar-refractivity contribution in [3.05, 3.63) is 24.0 Å². The summed E-state index contributed by atoms with van der Waals surface area (Å²) in [4.78, 5) is 0. The highest BCUT2D eigenvalue weighted by Gasteiger charge is 2.24. The molecule has 1 atom stereocenters. The van der Waals surface area contributed by atoms with Crippen LogP contribution in [-0.2, 0) is 12.1 Å². The summed E-state index contributed by atoms with van der Waals surface area (Å²) in [5, 5.41) is 8.15. The first-order valence-electron chi connectivity index (χ1n) is 7.30. The molecule has 0 radical (unpaired) electrons. The topological polar surface area (TPSA) is 56.7 Å². The Kier molecular flexibility index (Phi) is 6.22. The molecule has 0 aliphatic rings. The predicted octanol–water partition coefficient (Wildman–Crippen LogP) is 3.39. The quantitative estimate of drug-likeness (QED) is 0.549. The van der Waals surface area contributed by atoms with Gasteiger partial charge < -0.3 is 5.73 Å². The number of allylic oxidation sites excluding steroid dienone is 1. The van der Waals surface area contributed by atoms with Crippen molar-refractivity contribution in [2.75, 3.05) is 0 Å². The standard InChI is InChI=1S/C15H28N4/c1-5-6-7-8-9-10-15(4,16)19-14(11-13(2)3)12-17-18-19/h12H,2,5-11,16H2,1,3-4H3. The molecule has 1 aromatic rings. The van der Waals surface area contributed by atoms with Crippen LogP contribution in [0, 0.1) is 0 Å². The Morgan fingerprint density at radius 1 is 1.37 bits per heavy atom. The third kappa shape index (κ3) is 5.15. The molecule has 2 N–H and O–H groups in total. The van der Waals surface area contributed by atoms with E-state index in [2.05, 4.69) is 23.8 Å². The second-order valence-corrected chi connectivity index (χ2v) is 5.79. The molecule has 108 valence electrons. The Balaban J connectivity index is 2.56. The minimum absolute atomic E-state index is 0.451. The summed E-state index contributed by atoms with van der Waals surface area (Å²) in [6.07, 6.45) is 9.76. The summed E-state index contributed by atoms with van der Waals surface area (Å²) in [7, 11) is 0. The van der Waals surface area contributed by atoms with Gasteiger partial charge in [-0.3, -0.25) is 0 Å². The van der Waals surface area contributed by atoms with Crippen molar-refractivity contribution in [2.24, 2.45) is 5.73 Å². The van der Waals surface area contributed by atoms with Gasteiger partial charge in [-0.1, -0.05) is 50.0 Å². The Hall–Kier alpha value is -1.16. The molecule has 0 aliphatic heterocycles. The van der Waals surface area contributed by atoms with E-state index in [1.807, 2.05) is 18.5 Å². The lowest BCUT2D eigenvalue weighted by Gasteiger charge is -2.26. The van der Waals surface area contributed by atoms with Gasteiger partial charge in [-0.2, -0.15) is 0 Å². The molecule has 1 aromatic heterocycles. The summed E-state index contributed by atoms with van der Waals surface area (Å²) >= 11 is 0. The molecule has 0 saturated heterocycles. The van der Waals surface area contributed by atoms with E-state index in [1.165, 1.54) is 25.7 Å². The van der Waals surface area contributed by atoms with Crippen molar-refractivity contribution in [1.29, 1.82) is 0 Å². The maximum Gasteiger partial charge on any atom is 0.109 e. The van der Waals surface area contributed by atoms with E-state index in [1.54, 1.807) is 6.20 Å². The van der Waals surface area contributed by atoms with Crippen LogP contribution in [0.4, 0.5) is 0 Å². The summed E-state index contributed by atoms with van der Waals surface area (Å²) in [5.41, 5.74) is 8.10. The average molecular weight is 264 g/mol. The van der Waals surface area contributed by atoms with Crippen LogP contribution in [0.15, 0.2) is 18.3 Å². The average Bonchev–Trinajstić information content (AvgIpc) is 2.76. The van der Waals surface area contributed by atoms with E-state index in [4.69, 9.17) is 5.73 Å². The number of hydrogen-bond acceptors (Lipinski definition) is 3. The normalized spacial score (nSPS) is 14.3. The minimum atomic E-state index is -0.451. The Morgan fingerprint density at radius 2 is 2.05 bits per heavy atom. The molecule has 0 aromatic carbocycles. The van der Waals surface area contributed by atoms with Crippen molar-refractivity contribution in [3.8, 4) is 0 Å². The van der Waals surface area contributed by atoms with Gasteiger partial charge in [0.2, 0.25) is 0 Å². The fourth-order valence-corrected chi connectivity index (χ4v) is 2.31.